The predicted octanol–water partition coefficient (Wildman–Crippen LogP) is 3.89. The molecule has 218 valence electrons. The molecule has 2 aliphatic heterocycles. The fourth-order valence-electron chi connectivity index (χ4n) is 6.40. The van der Waals surface area contributed by atoms with Gasteiger partial charge in [0.1, 0.15) is 18.3 Å². The summed E-state index contributed by atoms with van der Waals surface area (Å²) in [4.78, 5) is 39.6. The van der Waals surface area contributed by atoms with Crippen LogP contribution in [0.1, 0.15) is 45.6 Å². The Balaban J connectivity index is 1.92. The van der Waals surface area contributed by atoms with Crippen molar-refractivity contribution in [2.45, 2.75) is 63.1 Å². The van der Waals surface area contributed by atoms with Crippen LogP contribution in [0.3, 0.4) is 0 Å². The summed E-state index contributed by atoms with van der Waals surface area (Å²) in [5.41, 5.74) is -2.71. The molecular weight excluding hydrogens is 567 g/mol. The lowest BCUT2D eigenvalue weighted by atomic mass is 9.55. The van der Waals surface area contributed by atoms with E-state index in [9.17, 15) is 18.8 Å². The molecule has 4 rings (SSSR count). The molecule has 0 saturated carbocycles. The standard InChI is InChI=1S/C28H33Cl2F2N3O5/c1-26(2,40-4)12-21-28(15-9-19(32)16(29)10-20(15)34-25(28)39)23(27(3)7-5-18(31)17(30)11-27)22(35-21)24(38)33-8-6-14(37)13-36/h5,7,9-10,21-23,35-36H,6,8,11-13H2,1-4H3,(H,33,38)(H,34,39)/t21-,22-,23-,27?,28?/m1/s1. The van der Waals surface area contributed by atoms with Gasteiger partial charge in [0.05, 0.1) is 27.1 Å². The van der Waals surface area contributed by atoms with E-state index in [2.05, 4.69) is 16.0 Å². The highest BCUT2D eigenvalue weighted by atomic mass is 35.5. The second-order valence-electron chi connectivity index (χ2n) is 11.5. The van der Waals surface area contributed by atoms with Gasteiger partial charge in [-0.1, -0.05) is 36.2 Å². The fourth-order valence-corrected chi connectivity index (χ4v) is 6.92. The van der Waals surface area contributed by atoms with E-state index in [1.54, 1.807) is 13.0 Å². The fraction of sp³-hybridized carbons (Fsp3) is 0.536. The Bertz CT molecular complexity index is 1300. The van der Waals surface area contributed by atoms with Gasteiger partial charge in [0.15, 0.2) is 5.78 Å². The highest BCUT2D eigenvalue weighted by Crippen LogP contribution is 2.60. The van der Waals surface area contributed by atoms with Crippen LogP contribution in [0.5, 0.6) is 0 Å². The highest BCUT2D eigenvalue weighted by molar-refractivity contribution is 6.31. The Morgan fingerprint density at radius 3 is 2.60 bits per heavy atom. The summed E-state index contributed by atoms with van der Waals surface area (Å²) in [5, 5.41) is 17.7. The van der Waals surface area contributed by atoms with Crippen molar-refractivity contribution in [3.8, 4) is 0 Å². The van der Waals surface area contributed by atoms with Gasteiger partial charge in [-0.25, -0.2) is 8.78 Å². The molecule has 1 spiro atoms. The third-order valence-corrected chi connectivity index (χ3v) is 9.01. The molecule has 4 N–H and O–H groups in total. The van der Waals surface area contributed by atoms with Crippen molar-refractivity contribution in [3.05, 3.63) is 51.5 Å². The summed E-state index contributed by atoms with van der Waals surface area (Å²) in [7, 11) is 1.53. The average molecular weight is 600 g/mol. The summed E-state index contributed by atoms with van der Waals surface area (Å²) < 4.78 is 35.1. The van der Waals surface area contributed by atoms with Gasteiger partial charge >= 0.3 is 0 Å². The molecule has 1 fully saturated rings. The summed E-state index contributed by atoms with van der Waals surface area (Å²) in [6.45, 7) is 4.75. The second-order valence-corrected chi connectivity index (χ2v) is 12.3. The zero-order chi connectivity index (χ0) is 29.6. The Kier molecular flexibility index (Phi) is 8.51. The molecule has 5 atom stereocenters. The van der Waals surface area contributed by atoms with E-state index in [0.717, 1.165) is 0 Å². The summed E-state index contributed by atoms with van der Waals surface area (Å²) in [6.07, 6.45) is 2.95. The highest BCUT2D eigenvalue weighted by Gasteiger charge is 2.69. The number of hydrogen-bond acceptors (Lipinski definition) is 6. The molecule has 0 bridgehead atoms. The Morgan fingerprint density at radius 1 is 1.27 bits per heavy atom. The van der Waals surface area contributed by atoms with Crippen LogP contribution in [-0.4, -0.2) is 60.7 Å². The maximum atomic E-state index is 15.0. The van der Waals surface area contributed by atoms with Gasteiger partial charge in [-0.2, -0.15) is 0 Å². The van der Waals surface area contributed by atoms with Crippen molar-refractivity contribution in [3.63, 3.8) is 0 Å². The lowest BCUT2D eigenvalue weighted by Crippen LogP contribution is -2.56. The summed E-state index contributed by atoms with van der Waals surface area (Å²) >= 11 is 12.4. The number of amides is 2. The minimum atomic E-state index is -1.52. The molecule has 0 aromatic heterocycles. The Labute approximate surface area is 241 Å². The number of aliphatic hydroxyl groups is 1. The molecule has 1 aromatic carbocycles. The van der Waals surface area contributed by atoms with Crippen LogP contribution in [-0.2, 0) is 24.5 Å². The van der Waals surface area contributed by atoms with Crippen LogP contribution in [0.4, 0.5) is 14.5 Å². The van der Waals surface area contributed by atoms with Crippen molar-refractivity contribution in [1.29, 1.82) is 0 Å². The second kappa shape index (κ2) is 11.1. The number of ether oxygens (including phenoxy) is 1. The number of halogens is 4. The Hall–Kier alpha value is -2.37. The number of aliphatic hydroxyl groups excluding tert-OH is 1. The zero-order valence-corrected chi connectivity index (χ0v) is 24.2. The van der Waals surface area contributed by atoms with Gasteiger partial charge in [-0.05, 0) is 55.9 Å². The maximum Gasteiger partial charge on any atom is 0.237 e. The van der Waals surface area contributed by atoms with Gasteiger partial charge in [0.2, 0.25) is 11.8 Å². The van der Waals surface area contributed by atoms with Gasteiger partial charge in [-0.3, -0.25) is 14.4 Å². The van der Waals surface area contributed by atoms with E-state index >= 15 is 4.39 Å². The average Bonchev–Trinajstić information content (AvgIpc) is 3.37. The quantitative estimate of drug-likeness (QED) is 0.342. The maximum absolute atomic E-state index is 15.0. The van der Waals surface area contributed by atoms with Crippen molar-refractivity contribution in [2.75, 3.05) is 25.6 Å². The first-order valence-electron chi connectivity index (χ1n) is 13.0. The van der Waals surface area contributed by atoms with E-state index in [1.165, 1.54) is 25.3 Å². The van der Waals surface area contributed by atoms with E-state index in [-0.39, 0.29) is 35.9 Å². The van der Waals surface area contributed by atoms with E-state index in [1.807, 2.05) is 13.8 Å². The number of allylic oxidation sites excluding steroid dienone is 4. The third kappa shape index (κ3) is 5.20. The molecule has 1 aliphatic carbocycles. The van der Waals surface area contributed by atoms with Crippen LogP contribution in [0.15, 0.2) is 35.1 Å². The summed E-state index contributed by atoms with van der Waals surface area (Å²) in [5.74, 6) is -3.67. The molecule has 1 aromatic rings. The molecule has 40 heavy (non-hydrogen) atoms. The van der Waals surface area contributed by atoms with Crippen molar-refractivity contribution >= 4 is 46.5 Å². The molecule has 0 radical (unpaired) electrons. The molecule has 2 unspecified atom stereocenters. The van der Waals surface area contributed by atoms with Crippen LogP contribution in [0.25, 0.3) is 0 Å². The minimum absolute atomic E-state index is 0.0170. The first-order chi connectivity index (χ1) is 18.7. The predicted molar refractivity (Wildman–Crippen MR) is 147 cm³/mol. The molecular formula is C28H33Cl2F2N3O5. The number of methoxy groups -OCH3 is 1. The number of hydrogen-bond donors (Lipinski definition) is 4. The minimum Gasteiger partial charge on any atom is -0.389 e. The lowest BCUT2D eigenvalue weighted by molar-refractivity contribution is -0.127. The number of carbonyl (C=O) groups excluding carboxylic acids is 3. The topological polar surface area (TPSA) is 117 Å². The number of anilines is 1. The normalized spacial score (nSPS) is 29.6. The molecule has 2 heterocycles. The number of carbonyl (C=O) groups is 3. The van der Waals surface area contributed by atoms with Crippen molar-refractivity contribution < 1.29 is 33.0 Å². The van der Waals surface area contributed by atoms with Gasteiger partial charge in [-0.15, -0.1) is 0 Å². The molecule has 12 heteroatoms. The number of nitrogens with one attached hydrogen (secondary N) is 3. The van der Waals surface area contributed by atoms with E-state index in [0.29, 0.717) is 11.3 Å². The van der Waals surface area contributed by atoms with E-state index < -0.39 is 70.3 Å². The van der Waals surface area contributed by atoms with Gasteiger partial charge < -0.3 is 25.8 Å². The number of Topliss-reactive ketones (excluding diaryl/α,β-unsaturated/α-hetero) is 1. The first kappa shape index (κ1) is 30.6. The largest absolute Gasteiger partial charge is 0.389 e. The first-order valence-corrected chi connectivity index (χ1v) is 13.7. The summed E-state index contributed by atoms with van der Waals surface area (Å²) in [6, 6.07) is 0.764. The molecule has 3 aliphatic rings. The SMILES string of the molecule is COC(C)(C)C[C@H]1N[C@@H](C(=O)NCCC(=O)CO)[C@H](C2(C)C=CC(F)=C(Cl)C2)C12C(=O)Nc1cc(Cl)c(F)cc12. The monoisotopic (exact) mass is 599 g/mol. The Morgan fingerprint density at radius 2 is 1.98 bits per heavy atom. The zero-order valence-electron chi connectivity index (χ0n) is 22.7. The number of benzene rings is 1. The number of fused-ring (bicyclic) bond motifs is 2. The third-order valence-electron chi connectivity index (χ3n) is 8.41. The number of rotatable bonds is 9. The molecule has 1 saturated heterocycles. The molecule has 8 nitrogen and oxygen atoms in total. The van der Waals surface area contributed by atoms with Gasteiger partial charge in [0.25, 0.3) is 0 Å². The molecule has 2 amide bonds. The van der Waals surface area contributed by atoms with Crippen LogP contribution in [0, 0.1) is 17.2 Å². The number of ketones is 1. The van der Waals surface area contributed by atoms with Crippen LogP contribution in [0.2, 0.25) is 5.02 Å². The van der Waals surface area contributed by atoms with Crippen molar-refractivity contribution in [2.24, 2.45) is 11.3 Å². The lowest BCUT2D eigenvalue weighted by Gasteiger charge is -2.46. The smallest absolute Gasteiger partial charge is 0.237 e. The van der Waals surface area contributed by atoms with Crippen molar-refractivity contribution in [1.82, 2.24) is 10.6 Å². The van der Waals surface area contributed by atoms with Crippen LogP contribution < -0.4 is 16.0 Å². The van der Waals surface area contributed by atoms with E-state index in [4.69, 9.17) is 33.0 Å². The van der Waals surface area contributed by atoms with Gasteiger partial charge in [0, 0.05) is 37.7 Å². The van der Waals surface area contributed by atoms with Crippen LogP contribution >= 0.6 is 23.2 Å².